The van der Waals surface area contributed by atoms with Crippen LogP contribution in [0.4, 0.5) is 11.4 Å². The fourth-order valence-corrected chi connectivity index (χ4v) is 1.72. The van der Waals surface area contributed by atoms with E-state index in [1.165, 1.54) is 0 Å². The minimum atomic E-state index is -0.497. The Kier molecular flexibility index (Phi) is 1.90. The zero-order valence-electron chi connectivity index (χ0n) is 8.46. The Balaban J connectivity index is 2.49. The van der Waals surface area contributed by atoms with Crippen molar-refractivity contribution in [3.8, 4) is 0 Å². The normalized spacial score (nSPS) is 24.9. The molecule has 0 aromatic heterocycles. The number of fused-ring (bicyclic) bond motifs is 1. The number of anilines is 2. The molecule has 0 saturated heterocycles. The minimum absolute atomic E-state index is 0.305. The van der Waals surface area contributed by atoms with Crippen LogP contribution in [0.3, 0.4) is 0 Å². The van der Waals surface area contributed by atoms with E-state index in [0.717, 1.165) is 16.9 Å². The standard InChI is InChI=1S/C10H16N4/c1-6(2)10(12)8-4-3-7(11)5-9(8)13-14-10/h3-6,13-14H,11-12H2,1-2H3. The van der Waals surface area contributed by atoms with Gasteiger partial charge in [-0.1, -0.05) is 19.9 Å². The molecule has 6 N–H and O–H groups in total. The molecule has 0 fully saturated rings. The van der Waals surface area contributed by atoms with Crippen molar-refractivity contribution in [3.05, 3.63) is 23.8 Å². The first-order chi connectivity index (χ1) is 6.54. The SMILES string of the molecule is CC(C)C1(N)NNc2cc(N)ccc21. The molecule has 1 heterocycles. The maximum Gasteiger partial charge on any atom is 0.114 e. The minimum Gasteiger partial charge on any atom is -0.399 e. The van der Waals surface area contributed by atoms with Crippen molar-refractivity contribution >= 4 is 11.4 Å². The lowest BCUT2D eigenvalue weighted by molar-refractivity contribution is 0.283. The highest BCUT2D eigenvalue weighted by molar-refractivity contribution is 5.64. The summed E-state index contributed by atoms with van der Waals surface area (Å²) in [5.74, 6) is 0.305. The molecule has 2 rings (SSSR count). The van der Waals surface area contributed by atoms with E-state index in [0.29, 0.717) is 5.92 Å². The quantitative estimate of drug-likeness (QED) is 0.500. The summed E-state index contributed by atoms with van der Waals surface area (Å²) in [4.78, 5) is 0. The van der Waals surface area contributed by atoms with Gasteiger partial charge in [-0.15, -0.1) is 0 Å². The van der Waals surface area contributed by atoms with Crippen LogP contribution in [0.15, 0.2) is 18.2 Å². The number of hydrazine groups is 1. The molecule has 1 aliphatic rings. The van der Waals surface area contributed by atoms with Gasteiger partial charge in [-0.05, 0) is 18.1 Å². The van der Waals surface area contributed by atoms with Gasteiger partial charge in [0.15, 0.2) is 0 Å². The maximum absolute atomic E-state index is 6.25. The summed E-state index contributed by atoms with van der Waals surface area (Å²) >= 11 is 0. The molecule has 4 heteroatoms. The highest BCUT2D eigenvalue weighted by Crippen LogP contribution is 2.35. The van der Waals surface area contributed by atoms with E-state index in [2.05, 4.69) is 24.7 Å². The Bertz CT molecular complexity index is 361. The predicted molar refractivity (Wildman–Crippen MR) is 58.3 cm³/mol. The molecular weight excluding hydrogens is 176 g/mol. The Morgan fingerprint density at radius 3 is 2.71 bits per heavy atom. The molecule has 0 bridgehead atoms. The van der Waals surface area contributed by atoms with Gasteiger partial charge in [0.05, 0.1) is 5.69 Å². The monoisotopic (exact) mass is 192 g/mol. The predicted octanol–water partition coefficient (Wildman–Crippen LogP) is 0.966. The van der Waals surface area contributed by atoms with Crippen molar-refractivity contribution in [3.63, 3.8) is 0 Å². The van der Waals surface area contributed by atoms with Gasteiger partial charge in [-0.2, -0.15) is 0 Å². The topological polar surface area (TPSA) is 76.1 Å². The van der Waals surface area contributed by atoms with Gasteiger partial charge in [-0.3, -0.25) is 0 Å². The largest absolute Gasteiger partial charge is 0.399 e. The van der Waals surface area contributed by atoms with Crippen molar-refractivity contribution < 1.29 is 0 Å². The Hall–Kier alpha value is -1.26. The van der Waals surface area contributed by atoms with Crippen LogP contribution in [0, 0.1) is 5.92 Å². The molecule has 0 saturated carbocycles. The van der Waals surface area contributed by atoms with Crippen LogP contribution in [-0.2, 0) is 5.66 Å². The van der Waals surface area contributed by atoms with Crippen LogP contribution < -0.4 is 22.3 Å². The molecule has 1 atom stereocenters. The third-order valence-corrected chi connectivity index (χ3v) is 2.80. The van der Waals surface area contributed by atoms with E-state index < -0.39 is 5.66 Å². The molecule has 1 aromatic carbocycles. The first-order valence-corrected chi connectivity index (χ1v) is 4.76. The van der Waals surface area contributed by atoms with Crippen molar-refractivity contribution in [1.82, 2.24) is 5.43 Å². The number of hydrogen-bond donors (Lipinski definition) is 4. The Morgan fingerprint density at radius 1 is 1.36 bits per heavy atom. The van der Waals surface area contributed by atoms with Crippen molar-refractivity contribution in [2.24, 2.45) is 11.7 Å². The Morgan fingerprint density at radius 2 is 2.07 bits per heavy atom. The van der Waals surface area contributed by atoms with Crippen LogP contribution >= 0.6 is 0 Å². The number of benzene rings is 1. The van der Waals surface area contributed by atoms with Gasteiger partial charge in [0.2, 0.25) is 0 Å². The van der Waals surface area contributed by atoms with E-state index in [4.69, 9.17) is 11.5 Å². The average molecular weight is 192 g/mol. The van der Waals surface area contributed by atoms with Crippen molar-refractivity contribution in [1.29, 1.82) is 0 Å². The first-order valence-electron chi connectivity index (χ1n) is 4.76. The summed E-state index contributed by atoms with van der Waals surface area (Å²) in [6.07, 6.45) is 0. The van der Waals surface area contributed by atoms with Gasteiger partial charge in [-0.25, -0.2) is 5.43 Å². The second-order valence-corrected chi connectivity index (χ2v) is 4.08. The number of hydrogen-bond acceptors (Lipinski definition) is 4. The molecule has 0 amide bonds. The number of rotatable bonds is 1. The molecule has 0 aliphatic carbocycles. The summed E-state index contributed by atoms with van der Waals surface area (Å²) in [6.45, 7) is 4.17. The third kappa shape index (κ3) is 1.15. The van der Waals surface area contributed by atoms with Crippen molar-refractivity contribution in [2.45, 2.75) is 19.5 Å². The van der Waals surface area contributed by atoms with Gasteiger partial charge in [0.25, 0.3) is 0 Å². The average Bonchev–Trinajstić information content (AvgIpc) is 2.45. The summed E-state index contributed by atoms with van der Waals surface area (Å²) in [5.41, 5.74) is 20.4. The summed E-state index contributed by atoms with van der Waals surface area (Å²) in [5, 5.41) is 0. The van der Waals surface area contributed by atoms with Crippen molar-refractivity contribution in [2.75, 3.05) is 11.2 Å². The number of nitrogens with two attached hydrogens (primary N) is 2. The lowest BCUT2D eigenvalue weighted by Gasteiger charge is -2.28. The highest BCUT2D eigenvalue weighted by Gasteiger charge is 2.37. The van der Waals surface area contributed by atoms with Gasteiger partial charge >= 0.3 is 0 Å². The van der Waals surface area contributed by atoms with Gasteiger partial charge < -0.3 is 16.9 Å². The second kappa shape index (κ2) is 2.87. The van der Waals surface area contributed by atoms with Crippen LogP contribution in [0.5, 0.6) is 0 Å². The van der Waals surface area contributed by atoms with E-state index in [1.807, 2.05) is 18.2 Å². The molecule has 4 nitrogen and oxygen atoms in total. The third-order valence-electron chi connectivity index (χ3n) is 2.80. The molecular formula is C10H16N4. The Labute approximate surface area is 83.6 Å². The lowest BCUT2D eigenvalue weighted by Crippen LogP contribution is -2.52. The lowest BCUT2D eigenvalue weighted by atomic mass is 9.90. The highest BCUT2D eigenvalue weighted by atomic mass is 15.5. The summed E-state index contributed by atoms with van der Waals surface area (Å²) < 4.78 is 0. The molecule has 1 unspecified atom stereocenters. The fourth-order valence-electron chi connectivity index (χ4n) is 1.72. The van der Waals surface area contributed by atoms with Crippen LogP contribution in [0.25, 0.3) is 0 Å². The molecule has 14 heavy (non-hydrogen) atoms. The van der Waals surface area contributed by atoms with Gasteiger partial charge in [0.1, 0.15) is 5.66 Å². The van der Waals surface area contributed by atoms with E-state index in [-0.39, 0.29) is 0 Å². The van der Waals surface area contributed by atoms with E-state index in [9.17, 15) is 0 Å². The summed E-state index contributed by atoms with van der Waals surface area (Å²) in [7, 11) is 0. The maximum atomic E-state index is 6.25. The zero-order valence-corrected chi connectivity index (χ0v) is 8.46. The number of nitrogen functional groups attached to an aromatic ring is 1. The molecule has 1 aliphatic heterocycles. The first kappa shape index (κ1) is 9.30. The molecule has 0 radical (unpaired) electrons. The van der Waals surface area contributed by atoms with E-state index in [1.54, 1.807) is 0 Å². The number of nitrogens with one attached hydrogen (secondary N) is 2. The van der Waals surface area contributed by atoms with Crippen LogP contribution in [-0.4, -0.2) is 0 Å². The smallest absolute Gasteiger partial charge is 0.114 e. The molecule has 0 spiro atoms. The molecule has 76 valence electrons. The molecule has 1 aromatic rings. The van der Waals surface area contributed by atoms with E-state index >= 15 is 0 Å². The van der Waals surface area contributed by atoms with Crippen LogP contribution in [0.2, 0.25) is 0 Å². The zero-order chi connectivity index (χ0) is 10.3. The van der Waals surface area contributed by atoms with Gasteiger partial charge in [0, 0.05) is 11.3 Å². The van der Waals surface area contributed by atoms with Crippen LogP contribution in [0.1, 0.15) is 19.4 Å². The summed E-state index contributed by atoms with van der Waals surface area (Å²) in [6, 6.07) is 5.73. The fraction of sp³-hybridized carbons (Fsp3) is 0.400. The second-order valence-electron chi connectivity index (χ2n) is 4.08.